The van der Waals surface area contributed by atoms with E-state index in [2.05, 4.69) is 4.98 Å². The van der Waals surface area contributed by atoms with Gasteiger partial charge in [0.1, 0.15) is 6.10 Å². The number of fused-ring (bicyclic) bond motifs is 1. The van der Waals surface area contributed by atoms with Crippen molar-refractivity contribution in [1.29, 1.82) is 0 Å². The van der Waals surface area contributed by atoms with Gasteiger partial charge in [-0.15, -0.1) is 0 Å². The lowest BCUT2D eigenvalue weighted by Crippen LogP contribution is -2.38. The van der Waals surface area contributed by atoms with Gasteiger partial charge in [-0.25, -0.2) is 4.98 Å². The largest absolute Gasteiger partial charge is 0.376 e. The van der Waals surface area contributed by atoms with Crippen LogP contribution in [-0.4, -0.2) is 43.4 Å². The molecule has 23 heavy (non-hydrogen) atoms. The molecule has 0 N–H and O–H groups in total. The average molecular weight is 334 g/mol. The number of ether oxygens (including phenoxy) is 2. The number of likely N-dealkylation sites (N-methyl/N-ethyl adjacent to an activating group) is 1. The molecule has 1 saturated heterocycles. The number of carbonyl (C=O) groups excluding carboxylic acids is 1. The Bertz CT molecular complexity index is 634. The number of benzene rings is 1. The van der Waals surface area contributed by atoms with E-state index in [1.165, 1.54) is 17.8 Å². The van der Waals surface area contributed by atoms with E-state index in [0.29, 0.717) is 11.7 Å². The van der Waals surface area contributed by atoms with Crippen molar-refractivity contribution < 1.29 is 14.3 Å². The van der Waals surface area contributed by atoms with E-state index >= 15 is 0 Å². The first-order chi connectivity index (χ1) is 11.1. The van der Waals surface area contributed by atoms with Crippen molar-refractivity contribution in [3.8, 4) is 0 Å². The third-order valence-electron chi connectivity index (χ3n) is 4.05. The maximum Gasteiger partial charge on any atom is 0.257 e. The van der Waals surface area contributed by atoms with Crippen LogP contribution in [0.1, 0.15) is 26.2 Å². The highest BCUT2D eigenvalue weighted by Gasteiger charge is 2.23. The number of thiazole rings is 1. The lowest BCUT2D eigenvalue weighted by atomic mass is 10.1. The van der Waals surface area contributed by atoms with Crippen LogP contribution in [0.3, 0.4) is 0 Å². The van der Waals surface area contributed by atoms with Gasteiger partial charge in [-0.2, -0.15) is 0 Å². The Labute approximate surface area is 140 Å². The van der Waals surface area contributed by atoms with Crippen LogP contribution < -0.4 is 4.90 Å². The molecule has 0 spiro atoms. The van der Waals surface area contributed by atoms with E-state index < -0.39 is 6.10 Å². The molecule has 2 aromatic rings. The molecule has 2 atom stereocenters. The quantitative estimate of drug-likeness (QED) is 0.842. The molecule has 0 radical (unpaired) electrons. The van der Waals surface area contributed by atoms with Crippen LogP contribution in [0, 0.1) is 0 Å². The fourth-order valence-electron chi connectivity index (χ4n) is 2.63. The summed E-state index contributed by atoms with van der Waals surface area (Å²) in [5, 5.41) is 0.695. The molecule has 0 saturated carbocycles. The zero-order valence-electron chi connectivity index (χ0n) is 13.5. The molecule has 6 heteroatoms. The van der Waals surface area contributed by atoms with Crippen LogP contribution in [0.5, 0.6) is 0 Å². The Kier molecular flexibility index (Phi) is 5.25. The molecule has 1 fully saturated rings. The number of amides is 1. The van der Waals surface area contributed by atoms with Gasteiger partial charge in [0.15, 0.2) is 5.13 Å². The topological polar surface area (TPSA) is 51.7 Å². The molecule has 1 aromatic carbocycles. The monoisotopic (exact) mass is 334 g/mol. The summed E-state index contributed by atoms with van der Waals surface area (Å²) in [6, 6.07) is 7.88. The molecule has 124 valence electrons. The molecule has 3 rings (SSSR count). The number of para-hydroxylation sites is 1. The Morgan fingerprint density at radius 2 is 2.30 bits per heavy atom. The summed E-state index contributed by atoms with van der Waals surface area (Å²) in [7, 11) is 1.75. The lowest BCUT2D eigenvalue weighted by molar-refractivity contribution is -0.132. The number of hydrogen-bond acceptors (Lipinski definition) is 5. The van der Waals surface area contributed by atoms with Crippen molar-refractivity contribution in [2.45, 2.75) is 38.4 Å². The smallest absolute Gasteiger partial charge is 0.257 e. The van der Waals surface area contributed by atoms with Crippen LogP contribution in [0.15, 0.2) is 24.3 Å². The van der Waals surface area contributed by atoms with Crippen molar-refractivity contribution in [3.63, 3.8) is 0 Å². The second kappa shape index (κ2) is 7.38. The molecule has 1 aromatic heterocycles. The number of hydrogen-bond donors (Lipinski definition) is 0. The summed E-state index contributed by atoms with van der Waals surface area (Å²) in [6.45, 7) is 3.05. The number of anilines is 1. The predicted octanol–water partition coefficient (Wildman–Crippen LogP) is 3.23. The standard InChI is InChI=1S/C17H22N2O3S/c1-12(22-11-13-7-5-6-10-21-13)16(20)19(2)17-18-14-8-3-4-9-15(14)23-17/h3-4,8-9,12-13H,5-7,10-11H2,1-2H3. The number of nitrogens with zero attached hydrogens (tertiary/aromatic N) is 2. The van der Waals surface area contributed by atoms with Crippen LogP contribution in [0.4, 0.5) is 5.13 Å². The average Bonchev–Trinajstić information content (AvgIpc) is 3.03. The fourth-order valence-corrected chi connectivity index (χ4v) is 3.56. The number of carbonyl (C=O) groups is 1. The van der Waals surface area contributed by atoms with E-state index in [-0.39, 0.29) is 12.0 Å². The Morgan fingerprint density at radius 3 is 3.04 bits per heavy atom. The predicted molar refractivity (Wildman–Crippen MR) is 92.0 cm³/mol. The van der Waals surface area contributed by atoms with Crippen molar-refractivity contribution >= 4 is 32.6 Å². The molecule has 2 unspecified atom stereocenters. The first kappa shape index (κ1) is 16.4. The fraction of sp³-hybridized carbons (Fsp3) is 0.529. The summed E-state index contributed by atoms with van der Waals surface area (Å²) in [5.74, 6) is -0.0835. The van der Waals surface area contributed by atoms with Crippen molar-refractivity contribution in [2.75, 3.05) is 25.2 Å². The Hall–Kier alpha value is -1.50. The first-order valence-electron chi connectivity index (χ1n) is 8.01. The van der Waals surface area contributed by atoms with Crippen LogP contribution in [-0.2, 0) is 14.3 Å². The highest BCUT2D eigenvalue weighted by molar-refractivity contribution is 7.22. The van der Waals surface area contributed by atoms with E-state index in [1.807, 2.05) is 24.3 Å². The van der Waals surface area contributed by atoms with Gasteiger partial charge in [0.25, 0.3) is 5.91 Å². The molecular formula is C17H22N2O3S. The van der Waals surface area contributed by atoms with Gasteiger partial charge in [0, 0.05) is 13.7 Å². The van der Waals surface area contributed by atoms with Crippen molar-refractivity contribution in [1.82, 2.24) is 4.98 Å². The molecule has 0 bridgehead atoms. The van der Waals surface area contributed by atoms with Gasteiger partial charge in [-0.05, 0) is 38.3 Å². The molecule has 2 heterocycles. The van der Waals surface area contributed by atoms with Gasteiger partial charge in [-0.1, -0.05) is 23.5 Å². The van der Waals surface area contributed by atoms with Crippen LogP contribution in [0.25, 0.3) is 10.2 Å². The minimum atomic E-state index is -0.502. The number of aromatic nitrogens is 1. The summed E-state index contributed by atoms with van der Waals surface area (Å²) in [4.78, 5) is 18.6. The molecular weight excluding hydrogens is 312 g/mol. The third kappa shape index (κ3) is 3.88. The molecule has 1 aliphatic rings. The van der Waals surface area contributed by atoms with Crippen LogP contribution >= 0.6 is 11.3 Å². The second-order valence-corrected chi connectivity index (χ2v) is 6.83. The molecule has 1 amide bonds. The number of rotatable bonds is 5. The van der Waals surface area contributed by atoms with Gasteiger partial charge < -0.3 is 9.47 Å². The maximum absolute atomic E-state index is 12.5. The molecule has 1 aliphatic heterocycles. The minimum absolute atomic E-state index is 0.0835. The van der Waals surface area contributed by atoms with Gasteiger partial charge in [-0.3, -0.25) is 9.69 Å². The Balaban J connectivity index is 1.59. The zero-order valence-corrected chi connectivity index (χ0v) is 14.3. The van der Waals surface area contributed by atoms with Gasteiger partial charge in [0.2, 0.25) is 0 Å². The van der Waals surface area contributed by atoms with Gasteiger partial charge in [0.05, 0.1) is 22.9 Å². The van der Waals surface area contributed by atoms with E-state index in [9.17, 15) is 4.79 Å². The molecule has 0 aliphatic carbocycles. The first-order valence-corrected chi connectivity index (χ1v) is 8.83. The molecule has 5 nitrogen and oxygen atoms in total. The SMILES string of the molecule is CC(OCC1CCCCO1)C(=O)N(C)c1nc2ccccc2s1. The summed E-state index contributed by atoms with van der Waals surface area (Å²) in [5.41, 5.74) is 0.913. The van der Waals surface area contributed by atoms with Crippen molar-refractivity contribution in [3.05, 3.63) is 24.3 Å². The zero-order chi connectivity index (χ0) is 16.2. The third-order valence-corrected chi connectivity index (χ3v) is 5.17. The maximum atomic E-state index is 12.5. The minimum Gasteiger partial charge on any atom is -0.376 e. The van der Waals surface area contributed by atoms with Crippen LogP contribution in [0.2, 0.25) is 0 Å². The Morgan fingerprint density at radius 1 is 1.48 bits per heavy atom. The van der Waals surface area contributed by atoms with E-state index in [4.69, 9.17) is 9.47 Å². The summed E-state index contributed by atoms with van der Waals surface area (Å²) < 4.78 is 12.4. The second-order valence-electron chi connectivity index (χ2n) is 5.83. The van der Waals surface area contributed by atoms with Crippen molar-refractivity contribution in [2.24, 2.45) is 0 Å². The highest BCUT2D eigenvalue weighted by atomic mass is 32.1. The lowest BCUT2D eigenvalue weighted by Gasteiger charge is -2.25. The highest BCUT2D eigenvalue weighted by Crippen LogP contribution is 2.28. The van der Waals surface area contributed by atoms with E-state index in [0.717, 1.165) is 29.7 Å². The summed E-state index contributed by atoms with van der Waals surface area (Å²) >= 11 is 1.51. The summed E-state index contributed by atoms with van der Waals surface area (Å²) in [6.07, 6.45) is 2.91. The normalized spacial score (nSPS) is 19.7. The van der Waals surface area contributed by atoms with Gasteiger partial charge >= 0.3 is 0 Å². The van der Waals surface area contributed by atoms with E-state index in [1.54, 1.807) is 18.9 Å².